The first kappa shape index (κ1) is 8.92. The van der Waals surface area contributed by atoms with E-state index in [2.05, 4.69) is 11.8 Å². The molecule has 0 saturated carbocycles. The van der Waals surface area contributed by atoms with Gasteiger partial charge < -0.3 is 0 Å². The van der Waals surface area contributed by atoms with Gasteiger partial charge in [0.15, 0.2) is 0 Å². The molecule has 0 amide bonds. The highest BCUT2D eigenvalue weighted by atomic mass is 17.1. The summed E-state index contributed by atoms with van der Waals surface area (Å²) < 4.78 is 0. The van der Waals surface area contributed by atoms with E-state index in [1.54, 1.807) is 0 Å². The highest BCUT2D eigenvalue weighted by Gasteiger charge is 2.16. The second kappa shape index (κ2) is 3.85. The van der Waals surface area contributed by atoms with Crippen LogP contribution < -0.4 is 0 Å². The zero-order valence-corrected chi connectivity index (χ0v) is 6.48. The van der Waals surface area contributed by atoms with Crippen LogP contribution in [0.25, 0.3) is 0 Å². The number of unbranched alkanes of at least 4 members (excludes halogenated alkanes) is 1. The Bertz CT molecular complexity index is 69.3. The summed E-state index contributed by atoms with van der Waals surface area (Å²) >= 11 is 0. The molecular weight excluding hydrogens is 116 g/mol. The standard InChI is InChI=1S/C7H16O2/c1-4-5-6-7(2,3)9-8/h8H,4-6H2,1-3H3. The van der Waals surface area contributed by atoms with E-state index in [1.165, 1.54) is 0 Å². The first-order valence-electron chi connectivity index (χ1n) is 3.45. The Kier molecular flexibility index (Phi) is 3.82. The zero-order chi connectivity index (χ0) is 7.33. The first-order chi connectivity index (χ1) is 4.12. The van der Waals surface area contributed by atoms with Crippen molar-refractivity contribution in [2.24, 2.45) is 0 Å². The molecule has 0 spiro atoms. The second-order valence-electron chi connectivity index (χ2n) is 2.95. The minimum absolute atomic E-state index is 0.351. The fraction of sp³-hybridized carbons (Fsp3) is 1.00. The zero-order valence-electron chi connectivity index (χ0n) is 6.48. The minimum Gasteiger partial charge on any atom is -0.251 e. The van der Waals surface area contributed by atoms with Crippen molar-refractivity contribution < 1.29 is 10.1 Å². The molecule has 0 rings (SSSR count). The van der Waals surface area contributed by atoms with Crippen molar-refractivity contribution in [3.05, 3.63) is 0 Å². The number of rotatable bonds is 4. The Balaban J connectivity index is 3.33. The monoisotopic (exact) mass is 132 g/mol. The van der Waals surface area contributed by atoms with Crippen LogP contribution in [0.2, 0.25) is 0 Å². The lowest BCUT2D eigenvalue weighted by atomic mass is 10.0. The normalized spacial score (nSPS) is 12.0. The highest BCUT2D eigenvalue weighted by molar-refractivity contribution is 4.64. The summed E-state index contributed by atoms with van der Waals surface area (Å²) in [5, 5.41) is 8.32. The Morgan fingerprint density at radius 1 is 1.44 bits per heavy atom. The minimum atomic E-state index is -0.351. The van der Waals surface area contributed by atoms with Gasteiger partial charge in [-0.1, -0.05) is 19.8 Å². The van der Waals surface area contributed by atoms with Crippen LogP contribution in [0.1, 0.15) is 40.0 Å². The molecule has 0 aromatic rings. The second-order valence-corrected chi connectivity index (χ2v) is 2.95. The van der Waals surface area contributed by atoms with Crippen LogP contribution in [0, 0.1) is 0 Å². The van der Waals surface area contributed by atoms with E-state index in [4.69, 9.17) is 5.26 Å². The summed E-state index contributed by atoms with van der Waals surface area (Å²) in [7, 11) is 0. The third kappa shape index (κ3) is 4.43. The average molecular weight is 132 g/mol. The molecule has 0 aliphatic rings. The topological polar surface area (TPSA) is 29.5 Å². The van der Waals surface area contributed by atoms with E-state index in [0.717, 1.165) is 19.3 Å². The summed E-state index contributed by atoms with van der Waals surface area (Å²) in [6, 6.07) is 0. The van der Waals surface area contributed by atoms with Gasteiger partial charge in [0.1, 0.15) is 0 Å². The van der Waals surface area contributed by atoms with Crippen LogP contribution >= 0.6 is 0 Å². The Hall–Kier alpha value is -0.0800. The molecule has 0 aliphatic heterocycles. The fourth-order valence-electron chi connectivity index (χ4n) is 0.648. The van der Waals surface area contributed by atoms with E-state index in [-0.39, 0.29) is 5.60 Å². The molecule has 56 valence electrons. The summed E-state index contributed by atoms with van der Waals surface area (Å²) in [6.45, 7) is 5.87. The molecule has 0 bridgehead atoms. The SMILES string of the molecule is CCCCC(C)(C)OO. The molecule has 0 atom stereocenters. The third-order valence-corrected chi connectivity index (χ3v) is 1.38. The van der Waals surface area contributed by atoms with Crippen molar-refractivity contribution in [3.63, 3.8) is 0 Å². The van der Waals surface area contributed by atoms with Crippen LogP contribution in [0.3, 0.4) is 0 Å². The molecule has 0 saturated heterocycles. The van der Waals surface area contributed by atoms with Gasteiger partial charge in [-0.3, -0.25) is 5.26 Å². The van der Waals surface area contributed by atoms with Gasteiger partial charge in [0.2, 0.25) is 0 Å². The lowest BCUT2D eigenvalue weighted by Crippen LogP contribution is -2.22. The van der Waals surface area contributed by atoms with Crippen LogP contribution in [0.5, 0.6) is 0 Å². The molecule has 2 nitrogen and oxygen atoms in total. The van der Waals surface area contributed by atoms with E-state index in [9.17, 15) is 0 Å². The quantitative estimate of drug-likeness (QED) is 0.470. The van der Waals surface area contributed by atoms with Crippen molar-refractivity contribution in [1.29, 1.82) is 0 Å². The lowest BCUT2D eigenvalue weighted by molar-refractivity contribution is -0.314. The Morgan fingerprint density at radius 2 is 2.00 bits per heavy atom. The lowest BCUT2D eigenvalue weighted by Gasteiger charge is -2.19. The van der Waals surface area contributed by atoms with Crippen molar-refractivity contribution in [2.75, 3.05) is 0 Å². The Morgan fingerprint density at radius 3 is 2.33 bits per heavy atom. The van der Waals surface area contributed by atoms with Crippen molar-refractivity contribution in [3.8, 4) is 0 Å². The van der Waals surface area contributed by atoms with Gasteiger partial charge in [0.25, 0.3) is 0 Å². The smallest absolute Gasteiger partial charge is 0.0977 e. The molecular formula is C7H16O2. The van der Waals surface area contributed by atoms with E-state index >= 15 is 0 Å². The van der Waals surface area contributed by atoms with E-state index in [1.807, 2.05) is 13.8 Å². The predicted molar refractivity (Wildman–Crippen MR) is 37.3 cm³/mol. The maximum absolute atomic E-state index is 8.32. The molecule has 0 fully saturated rings. The van der Waals surface area contributed by atoms with Crippen molar-refractivity contribution in [1.82, 2.24) is 0 Å². The van der Waals surface area contributed by atoms with Gasteiger partial charge in [-0.15, -0.1) is 0 Å². The summed E-state index contributed by atoms with van der Waals surface area (Å²) in [5.41, 5.74) is -0.351. The molecule has 1 N–H and O–H groups in total. The predicted octanol–water partition coefficient (Wildman–Crippen LogP) is 2.44. The maximum Gasteiger partial charge on any atom is 0.0977 e. The molecule has 0 aromatic heterocycles. The van der Waals surface area contributed by atoms with Crippen LogP contribution in [-0.4, -0.2) is 10.9 Å². The van der Waals surface area contributed by atoms with E-state index in [0.29, 0.717) is 0 Å². The van der Waals surface area contributed by atoms with Crippen LogP contribution in [-0.2, 0) is 4.89 Å². The maximum atomic E-state index is 8.32. The van der Waals surface area contributed by atoms with Crippen molar-refractivity contribution in [2.45, 2.75) is 45.6 Å². The van der Waals surface area contributed by atoms with Gasteiger partial charge in [-0.25, -0.2) is 4.89 Å². The fourth-order valence-corrected chi connectivity index (χ4v) is 0.648. The third-order valence-electron chi connectivity index (χ3n) is 1.38. The molecule has 0 aromatic carbocycles. The molecule has 0 heterocycles. The summed E-state index contributed by atoms with van der Waals surface area (Å²) in [6.07, 6.45) is 3.17. The summed E-state index contributed by atoms with van der Waals surface area (Å²) in [4.78, 5) is 4.24. The number of hydrogen-bond acceptors (Lipinski definition) is 2. The molecule has 0 aliphatic carbocycles. The van der Waals surface area contributed by atoms with Gasteiger partial charge in [-0.2, -0.15) is 0 Å². The molecule has 0 unspecified atom stereocenters. The van der Waals surface area contributed by atoms with Gasteiger partial charge >= 0.3 is 0 Å². The van der Waals surface area contributed by atoms with Gasteiger partial charge in [0, 0.05) is 0 Å². The summed E-state index contributed by atoms with van der Waals surface area (Å²) in [5.74, 6) is 0. The Labute approximate surface area is 56.8 Å². The van der Waals surface area contributed by atoms with Crippen LogP contribution in [0.15, 0.2) is 0 Å². The molecule has 0 radical (unpaired) electrons. The average Bonchev–Trinajstić information content (AvgIpc) is 1.84. The first-order valence-corrected chi connectivity index (χ1v) is 3.45. The van der Waals surface area contributed by atoms with Crippen molar-refractivity contribution >= 4 is 0 Å². The largest absolute Gasteiger partial charge is 0.251 e. The number of hydrogen-bond donors (Lipinski definition) is 1. The highest BCUT2D eigenvalue weighted by Crippen LogP contribution is 2.15. The van der Waals surface area contributed by atoms with Gasteiger partial charge in [0.05, 0.1) is 5.60 Å². The molecule has 9 heavy (non-hydrogen) atoms. The van der Waals surface area contributed by atoms with Crippen LogP contribution in [0.4, 0.5) is 0 Å². The molecule has 2 heteroatoms. The van der Waals surface area contributed by atoms with E-state index < -0.39 is 0 Å². The van der Waals surface area contributed by atoms with Gasteiger partial charge in [-0.05, 0) is 20.3 Å².